The number of carbonyl (C=O) groups is 3. The molecule has 0 aromatic heterocycles. The molecule has 0 heterocycles. The van der Waals surface area contributed by atoms with Crippen LogP contribution in [0, 0.1) is 19.8 Å². The summed E-state index contributed by atoms with van der Waals surface area (Å²) >= 11 is 0. The van der Waals surface area contributed by atoms with Gasteiger partial charge in [0.1, 0.15) is 17.7 Å². The minimum atomic E-state index is -0.853. The van der Waals surface area contributed by atoms with Gasteiger partial charge in [-0.05, 0) is 91.3 Å². The minimum absolute atomic E-state index is 0.216. The highest BCUT2D eigenvalue weighted by atomic mass is 16.6. The fraction of sp³-hybridized carbons (Fsp3) is 0.679. The number of ether oxygens (including phenoxy) is 1. The van der Waals surface area contributed by atoms with Crippen LogP contribution in [0.25, 0.3) is 0 Å². The summed E-state index contributed by atoms with van der Waals surface area (Å²) in [6, 6.07) is 3.86. The summed E-state index contributed by atoms with van der Waals surface area (Å²) < 4.78 is 5.43. The normalized spacial score (nSPS) is 14.7. The summed E-state index contributed by atoms with van der Waals surface area (Å²) in [6.45, 7) is 22.7. The average molecular weight is 490 g/mol. The van der Waals surface area contributed by atoms with Gasteiger partial charge in [-0.1, -0.05) is 39.0 Å². The molecule has 3 unspecified atom stereocenters. The molecule has 198 valence electrons. The summed E-state index contributed by atoms with van der Waals surface area (Å²) in [5, 5.41) is 5.84. The molecule has 2 N–H and O–H groups in total. The van der Waals surface area contributed by atoms with Crippen molar-refractivity contribution in [1.29, 1.82) is 0 Å². The van der Waals surface area contributed by atoms with Gasteiger partial charge in [-0.15, -0.1) is 0 Å². The van der Waals surface area contributed by atoms with Gasteiger partial charge in [-0.2, -0.15) is 0 Å². The summed E-state index contributed by atoms with van der Waals surface area (Å²) in [7, 11) is 0. The highest BCUT2D eigenvalue weighted by molar-refractivity contribution is 5.93. The maximum atomic E-state index is 14.1. The first-order valence-electron chi connectivity index (χ1n) is 12.6. The van der Waals surface area contributed by atoms with Crippen LogP contribution in [0.3, 0.4) is 0 Å². The van der Waals surface area contributed by atoms with E-state index in [-0.39, 0.29) is 23.8 Å². The highest BCUT2D eigenvalue weighted by Crippen LogP contribution is 2.31. The first-order chi connectivity index (χ1) is 15.9. The molecule has 35 heavy (non-hydrogen) atoms. The molecule has 0 spiro atoms. The first-order valence-corrected chi connectivity index (χ1v) is 12.6. The second kappa shape index (κ2) is 11.9. The van der Waals surface area contributed by atoms with Crippen molar-refractivity contribution in [1.82, 2.24) is 15.5 Å². The second-order valence-corrected chi connectivity index (χ2v) is 11.8. The molecular formula is C28H47N3O4. The molecule has 0 aliphatic heterocycles. The lowest BCUT2D eigenvalue weighted by Gasteiger charge is -2.40. The van der Waals surface area contributed by atoms with Gasteiger partial charge in [0.25, 0.3) is 0 Å². The van der Waals surface area contributed by atoms with Crippen molar-refractivity contribution in [2.75, 3.05) is 0 Å². The Bertz CT molecular complexity index is 896. The van der Waals surface area contributed by atoms with Crippen LogP contribution in [0.2, 0.25) is 0 Å². The van der Waals surface area contributed by atoms with Gasteiger partial charge in [-0.3, -0.25) is 9.59 Å². The van der Waals surface area contributed by atoms with E-state index in [1.165, 1.54) is 0 Å². The van der Waals surface area contributed by atoms with E-state index in [1.54, 1.807) is 25.7 Å². The van der Waals surface area contributed by atoms with Crippen LogP contribution in [0.1, 0.15) is 98.4 Å². The molecule has 0 aliphatic rings. The zero-order chi connectivity index (χ0) is 27.3. The Balaban J connectivity index is 3.64. The van der Waals surface area contributed by atoms with Crippen molar-refractivity contribution in [3.8, 4) is 0 Å². The molecule has 1 aromatic rings. The molecule has 0 saturated carbocycles. The molecule has 0 radical (unpaired) electrons. The number of aryl methyl sites for hydroxylation is 1. The monoisotopic (exact) mass is 489 g/mol. The predicted octanol–water partition coefficient (Wildman–Crippen LogP) is 5.44. The fourth-order valence-corrected chi connectivity index (χ4v) is 3.83. The van der Waals surface area contributed by atoms with Gasteiger partial charge in [0.2, 0.25) is 11.8 Å². The first kappa shape index (κ1) is 30.5. The van der Waals surface area contributed by atoms with E-state index in [9.17, 15) is 14.4 Å². The lowest BCUT2D eigenvalue weighted by atomic mass is 9.92. The second-order valence-electron chi connectivity index (χ2n) is 11.8. The zero-order valence-corrected chi connectivity index (χ0v) is 23.8. The average Bonchev–Trinajstić information content (AvgIpc) is 2.68. The smallest absolute Gasteiger partial charge is 0.408 e. The van der Waals surface area contributed by atoms with Crippen LogP contribution in [-0.4, -0.2) is 46.0 Å². The molecular weight excluding hydrogens is 442 g/mol. The fourth-order valence-electron chi connectivity index (χ4n) is 3.83. The number of amides is 3. The third kappa shape index (κ3) is 8.86. The van der Waals surface area contributed by atoms with Crippen LogP contribution in [-0.2, 0) is 14.3 Å². The molecule has 3 amide bonds. The van der Waals surface area contributed by atoms with Gasteiger partial charge in [-0.25, -0.2) is 4.79 Å². The van der Waals surface area contributed by atoms with E-state index in [0.29, 0.717) is 6.42 Å². The van der Waals surface area contributed by atoms with Gasteiger partial charge >= 0.3 is 6.09 Å². The quantitative estimate of drug-likeness (QED) is 0.509. The Morgan fingerprint density at radius 1 is 1.00 bits per heavy atom. The van der Waals surface area contributed by atoms with Crippen molar-refractivity contribution >= 4 is 17.9 Å². The van der Waals surface area contributed by atoms with Crippen molar-refractivity contribution in [3.63, 3.8) is 0 Å². The molecule has 7 nitrogen and oxygen atoms in total. The van der Waals surface area contributed by atoms with Gasteiger partial charge < -0.3 is 20.3 Å². The Morgan fingerprint density at radius 3 is 2.03 bits per heavy atom. The molecule has 1 rings (SSSR count). The molecule has 0 aliphatic carbocycles. The number of hydrogen-bond acceptors (Lipinski definition) is 4. The van der Waals surface area contributed by atoms with Crippen molar-refractivity contribution in [2.45, 2.75) is 119 Å². The molecule has 0 saturated heterocycles. The van der Waals surface area contributed by atoms with E-state index in [1.807, 2.05) is 80.5 Å². The van der Waals surface area contributed by atoms with E-state index in [2.05, 4.69) is 10.6 Å². The molecule has 1 aromatic carbocycles. The summed E-state index contributed by atoms with van der Waals surface area (Å²) in [4.78, 5) is 42.2. The van der Waals surface area contributed by atoms with Gasteiger partial charge in [0, 0.05) is 11.6 Å². The molecule has 0 fully saturated rings. The Hall–Kier alpha value is -2.57. The van der Waals surface area contributed by atoms with E-state index in [0.717, 1.165) is 16.7 Å². The summed E-state index contributed by atoms with van der Waals surface area (Å²) in [5.41, 5.74) is 1.60. The van der Waals surface area contributed by atoms with Crippen molar-refractivity contribution < 1.29 is 19.1 Å². The molecule has 0 bridgehead atoms. The van der Waals surface area contributed by atoms with Gasteiger partial charge in [0.15, 0.2) is 0 Å². The number of benzene rings is 1. The molecule has 7 heteroatoms. The van der Waals surface area contributed by atoms with Crippen molar-refractivity contribution in [2.24, 2.45) is 5.92 Å². The SMILES string of the molecule is CCC(C)N(C(=O)C(NC(=O)OC(C)(C)C)C(C)C)C(C(=O)NC(C)(C)C)c1cccc(C)c1C. The largest absolute Gasteiger partial charge is 0.444 e. The third-order valence-corrected chi connectivity index (χ3v) is 5.89. The van der Waals surface area contributed by atoms with Crippen LogP contribution in [0.15, 0.2) is 18.2 Å². The van der Waals surface area contributed by atoms with Crippen LogP contribution in [0.4, 0.5) is 4.79 Å². The Morgan fingerprint density at radius 2 is 1.57 bits per heavy atom. The van der Waals surface area contributed by atoms with Crippen molar-refractivity contribution in [3.05, 3.63) is 34.9 Å². The lowest BCUT2D eigenvalue weighted by molar-refractivity contribution is -0.146. The predicted molar refractivity (Wildman–Crippen MR) is 141 cm³/mol. The Kier molecular flexibility index (Phi) is 10.4. The Labute approximate surface area is 212 Å². The number of alkyl carbamates (subject to hydrolysis) is 1. The van der Waals surface area contributed by atoms with E-state index >= 15 is 0 Å². The number of nitrogens with one attached hydrogen (secondary N) is 2. The number of hydrogen-bond donors (Lipinski definition) is 2. The summed E-state index contributed by atoms with van der Waals surface area (Å²) in [5.74, 6) is -0.777. The third-order valence-electron chi connectivity index (χ3n) is 5.89. The van der Waals surface area contributed by atoms with Crippen LogP contribution >= 0.6 is 0 Å². The van der Waals surface area contributed by atoms with Crippen LogP contribution < -0.4 is 10.6 Å². The van der Waals surface area contributed by atoms with Crippen LogP contribution in [0.5, 0.6) is 0 Å². The standard InChI is InChI=1S/C28H47N3O4/c1-13-19(5)31(25(33)22(17(2)3)29-26(34)35-28(10,11)12)23(24(32)30-27(7,8)9)21-16-14-15-18(4)20(21)6/h14-17,19,22-23H,13H2,1-12H3,(H,29,34)(H,30,32). The minimum Gasteiger partial charge on any atom is -0.444 e. The maximum Gasteiger partial charge on any atom is 0.408 e. The lowest BCUT2D eigenvalue weighted by Crippen LogP contribution is -2.58. The van der Waals surface area contributed by atoms with Gasteiger partial charge in [0.05, 0.1) is 0 Å². The zero-order valence-electron chi connectivity index (χ0n) is 23.8. The summed E-state index contributed by atoms with van der Waals surface area (Å²) in [6.07, 6.45) is -0.0104. The number of carbonyl (C=O) groups excluding carboxylic acids is 3. The number of rotatable bonds is 8. The number of nitrogens with zero attached hydrogens (tertiary/aromatic N) is 1. The molecule has 3 atom stereocenters. The van der Waals surface area contributed by atoms with E-state index < -0.39 is 29.3 Å². The maximum absolute atomic E-state index is 14.1. The van der Waals surface area contributed by atoms with E-state index in [4.69, 9.17) is 4.74 Å². The topological polar surface area (TPSA) is 87.7 Å². The highest BCUT2D eigenvalue weighted by Gasteiger charge is 2.40.